The van der Waals surface area contributed by atoms with Crippen LogP contribution >= 0.6 is 0 Å². The van der Waals surface area contributed by atoms with Crippen LogP contribution in [0.5, 0.6) is 0 Å². The Morgan fingerprint density at radius 2 is 1.86 bits per heavy atom. The van der Waals surface area contributed by atoms with Crippen LogP contribution in [0.3, 0.4) is 0 Å². The fraction of sp³-hybridized carbons (Fsp3) is 0.588. The molecule has 1 saturated heterocycles. The van der Waals surface area contributed by atoms with Crippen molar-refractivity contribution in [3.05, 3.63) is 33.7 Å². The molecule has 0 unspecified atom stereocenters. The Kier molecular flexibility index (Phi) is 6.51. The van der Waals surface area contributed by atoms with E-state index in [-0.39, 0.29) is 17.8 Å². The molecule has 0 radical (unpaired) electrons. The number of benzene rings is 1. The van der Waals surface area contributed by atoms with E-state index in [1.54, 1.807) is 25.7 Å². The van der Waals surface area contributed by atoms with Gasteiger partial charge in [-0.3, -0.25) is 4.90 Å². The van der Waals surface area contributed by atoms with Crippen LogP contribution in [0.4, 0.5) is 23.4 Å². The molecule has 28 heavy (non-hydrogen) atoms. The number of hydrogen-bond donors (Lipinski definition) is 0. The van der Waals surface area contributed by atoms with Crippen LogP contribution in [0, 0.1) is 6.92 Å². The molecule has 1 heterocycles. The zero-order valence-electron chi connectivity index (χ0n) is 16.5. The molecule has 0 saturated carbocycles. The lowest BCUT2D eigenvalue weighted by molar-refractivity contribution is 0.0139. The monoisotopic (exact) mass is 398 g/mol. The van der Waals surface area contributed by atoms with Crippen LogP contribution in [0.1, 0.15) is 31.9 Å². The number of carbonyl (C=O) groups is 1. The first-order valence-corrected chi connectivity index (χ1v) is 8.99. The summed E-state index contributed by atoms with van der Waals surface area (Å²) >= 11 is 0. The van der Waals surface area contributed by atoms with Crippen LogP contribution in [0.15, 0.2) is 17.2 Å². The van der Waals surface area contributed by atoms with Gasteiger partial charge in [0.05, 0.1) is 0 Å². The van der Waals surface area contributed by atoms with Crippen molar-refractivity contribution in [1.29, 1.82) is 0 Å². The molecule has 7 nitrogen and oxygen atoms in total. The maximum absolute atomic E-state index is 13.4. The first kappa shape index (κ1) is 21.9. The van der Waals surface area contributed by atoms with E-state index in [2.05, 4.69) is 10.0 Å². The summed E-state index contributed by atoms with van der Waals surface area (Å²) in [5.74, 6) is 0. The van der Waals surface area contributed by atoms with Gasteiger partial charge >= 0.3 is 13.1 Å². The van der Waals surface area contributed by atoms with Gasteiger partial charge in [0.2, 0.25) is 0 Å². The Balaban J connectivity index is 2.11. The highest BCUT2D eigenvalue weighted by Gasteiger charge is 2.30. The van der Waals surface area contributed by atoms with Crippen molar-refractivity contribution in [3.8, 4) is 0 Å². The van der Waals surface area contributed by atoms with E-state index < -0.39 is 24.1 Å². The van der Waals surface area contributed by atoms with E-state index in [4.69, 9.17) is 10.3 Å². The predicted molar refractivity (Wildman–Crippen MR) is 102 cm³/mol. The lowest BCUT2D eigenvalue weighted by atomic mass is 9.75. The number of halogens is 3. The topological polar surface area (TPSA) is 81.5 Å². The SMILES string of the molecule is Cc1c(CN2CCN(C(=O)OC(C)(C)C)CC2)cc(N=[N+]=[N-])cc1[B-](F)(F)F. The second-order valence-electron chi connectivity index (χ2n) is 7.83. The van der Waals surface area contributed by atoms with Crippen molar-refractivity contribution in [2.24, 2.45) is 5.11 Å². The van der Waals surface area contributed by atoms with Gasteiger partial charge in [0.25, 0.3) is 0 Å². The molecule has 0 atom stereocenters. The molecule has 1 fully saturated rings. The van der Waals surface area contributed by atoms with Gasteiger partial charge in [-0.15, -0.1) is 5.46 Å². The number of piperazine rings is 1. The van der Waals surface area contributed by atoms with Crippen molar-refractivity contribution in [2.75, 3.05) is 26.2 Å². The summed E-state index contributed by atoms with van der Waals surface area (Å²) in [7, 11) is 0. The van der Waals surface area contributed by atoms with Crippen molar-refractivity contribution < 1.29 is 22.5 Å². The summed E-state index contributed by atoms with van der Waals surface area (Å²) < 4.78 is 45.4. The molecule has 2 rings (SSSR count). The maximum Gasteiger partial charge on any atom is 0.509 e. The molecule has 0 bridgehead atoms. The molecule has 0 aromatic heterocycles. The minimum absolute atomic E-state index is 0.0512. The van der Waals surface area contributed by atoms with E-state index >= 15 is 0 Å². The van der Waals surface area contributed by atoms with E-state index in [1.807, 2.05) is 4.90 Å². The van der Waals surface area contributed by atoms with Gasteiger partial charge in [-0.2, -0.15) is 0 Å². The number of rotatable bonds is 4. The Hall–Kier alpha value is -2.39. The predicted octanol–water partition coefficient (Wildman–Crippen LogP) is 4.04. The number of hydrogen-bond acceptors (Lipinski definition) is 4. The van der Waals surface area contributed by atoms with E-state index in [9.17, 15) is 17.7 Å². The van der Waals surface area contributed by atoms with Crippen molar-refractivity contribution in [1.82, 2.24) is 9.80 Å². The second-order valence-corrected chi connectivity index (χ2v) is 7.83. The summed E-state index contributed by atoms with van der Waals surface area (Å²) in [5.41, 5.74) is 7.80. The summed E-state index contributed by atoms with van der Waals surface area (Å²) in [4.78, 5) is 18.3. The molecule has 1 aromatic rings. The van der Waals surface area contributed by atoms with Gasteiger partial charge in [0, 0.05) is 43.3 Å². The maximum atomic E-state index is 13.4. The van der Waals surface area contributed by atoms with Crippen LogP contribution < -0.4 is 5.46 Å². The van der Waals surface area contributed by atoms with Gasteiger partial charge in [0.1, 0.15) is 5.60 Å². The molecule has 1 aromatic carbocycles. The standard InChI is InChI=1S/C17H24BF3N5O2/c1-12-13(9-14(23-24-22)10-15(12)18(19,20)21)11-25-5-7-26(8-6-25)16(27)28-17(2,3)4/h9-10H,5-8,11H2,1-4H3/q-1. The number of carbonyl (C=O) groups excluding carboxylic acids is 1. The molecule has 11 heteroatoms. The number of amides is 1. The Morgan fingerprint density at radius 1 is 1.25 bits per heavy atom. The van der Waals surface area contributed by atoms with Crippen LogP contribution in [0.2, 0.25) is 0 Å². The minimum Gasteiger partial charge on any atom is -0.445 e. The average molecular weight is 398 g/mol. The van der Waals surface area contributed by atoms with Gasteiger partial charge in [-0.25, -0.2) is 4.79 Å². The normalized spacial score (nSPS) is 15.9. The lowest BCUT2D eigenvalue weighted by Gasteiger charge is -2.36. The van der Waals surface area contributed by atoms with Crippen LogP contribution in [-0.2, 0) is 11.3 Å². The lowest BCUT2D eigenvalue weighted by Crippen LogP contribution is -2.49. The number of ether oxygens (including phenoxy) is 1. The number of nitrogens with zero attached hydrogens (tertiary/aromatic N) is 5. The third-order valence-corrected chi connectivity index (χ3v) is 4.47. The highest BCUT2D eigenvalue weighted by Crippen LogP contribution is 2.23. The Labute approximate surface area is 162 Å². The van der Waals surface area contributed by atoms with Gasteiger partial charge in [-0.05, 0) is 44.9 Å². The molecule has 0 N–H and O–H groups in total. The molecular formula is C17H24BF3N5O2-. The highest BCUT2D eigenvalue weighted by molar-refractivity contribution is 6.74. The fourth-order valence-electron chi connectivity index (χ4n) is 3.05. The zero-order chi connectivity index (χ0) is 21.1. The quantitative estimate of drug-likeness (QED) is 0.332. The third-order valence-electron chi connectivity index (χ3n) is 4.47. The molecule has 154 valence electrons. The number of azide groups is 1. The van der Waals surface area contributed by atoms with Gasteiger partial charge in [-0.1, -0.05) is 16.7 Å². The molecular weight excluding hydrogens is 374 g/mol. The van der Waals surface area contributed by atoms with Gasteiger partial charge < -0.3 is 22.6 Å². The summed E-state index contributed by atoms with van der Waals surface area (Å²) in [6, 6.07) is 2.37. The third kappa shape index (κ3) is 5.80. The minimum atomic E-state index is -5.22. The smallest absolute Gasteiger partial charge is 0.445 e. The summed E-state index contributed by atoms with van der Waals surface area (Å²) in [6.45, 7) is 3.75. The van der Waals surface area contributed by atoms with Gasteiger partial charge in [0.15, 0.2) is 0 Å². The largest absolute Gasteiger partial charge is 0.509 e. The van der Waals surface area contributed by atoms with E-state index in [1.165, 1.54) is 13.0 Å². The Morgan fingerprint density at radius 3 is 2.36 bits per heavy atom. The molecule has 0 spiro atoms. The molecule has 1 amide bonds. The molecule has 0 aliphatic carbocycles. The van der Waals surface area contributed by atoms with Crippen molar-refractivity contribution in [3.63, 3.8) is 0 Å². The highest BCUT2D eigenvalue weighted by atomic mass is 19.4. The van der Waals surface area contributed by atoms with Crippen molar-refractivity contribution in [2.45, 2.75) is 39.8 Å². The first-order chi connectivity index (χ1) is 12.9. The van der Waals surface area contributed by atoms with E-state index in [0.717, 1.165) is 6.07 Å². The summed E-state index contributed by atoms with van der Waals surface area (Å²) in [6.07, 6.45) is -0.393. The fourth-order valence-corrected chi connectivity index (χ4v) is 3.05. The average Bonchev–Trinajstić information content (AvgIpc) is 2.56. The first-order valence-electron chi connectivity index (χ1n) is 8.99. The Bertz CT molecular complexity index is 780. The molecule has 1 aliphatic rings. The van der Waals surface area contributed by atoms with Crippen molar-refractivity contribution >= 4 is 24.2 Å². The van der Waals surface area contributed by atoms with E-state index in [0.29, 0.717) is 31.7 Å². The van der Waals surface area contributed by atoms with Crippen LogP contribution in [-0.4, -0.2) is 54.7 Å². The summed E-state index contributed by atoms with van der Waals surface area (Å²) in [5, 5.41) is 3.35. The van der Waals surface area contributed by atoms with Crippen LogP contribution in [0.25, 0.3) is 10.4 Å². The zero-order valence-corrected chi connectivity index (χ0v) is 16.5. The second kappa shape index (κ2) is 8.32. The molecule has 1 aliphatic heterocycles.